The van der Waals surface area contributed by atoms with E-state index >= 15 is 0 Å². The first-order valence-corrected chi connectivity index (χ1v) is 10.4. The summed E-state index contributed by atoms with van der Waals surface area (Å²) in [6, 6.07) is 15.0. The molecule has 1 aliphatic heterocycles. The Bertz CT molecular complexity index is 726. The van der Waals surface area contributed by atoms with Gasteiger partial charge in [0, 0.05) is 51.5 Å². The van der Waals surface area contributed by atoms with Crippen LogP contribution in [0.3, 0.4) is 0 Å². The second-order valence-electron chi connectivity index (χ2n) is 7.72. The van der Waals surface area contributed by atoms with Crippen LogP contribution in [-0.4, -0.2) is 42.5 Å². The summed E-state index contributed by atoms with van der Waals surface area (Å²) in [7, 11) is 1.80. The van der Waals surface area contributed by atoms with Gasteiger partial charge in [-0.15, -0.1) is 0 Å². The highest BCUT2D eigenvalue weighted by atomic mass is 15.2. The third-order valence-corrected chi connectivity index (χ3v) is 5.25. The molecule has 1 saturated heterocycles. The van der Waals surface area contributed by atoms with Crippen LogP contribution >= 0.6 is 0 Å². The molecule has 0 saturated carbocycles. The van der Waals surface area contributed by atoms with Gasteiger partial charge in [0.15, 0.2) is 5.96 Å². The molecule has 0 spiro atoms. The molecule has 5 nitrogen and oxygen atoms in total. The Morgan fingerprint density at radius 3 is 2.68 bits per heavy atom. The van der Waals surface area contributed by atoms with Crippen LogP contribution in [0.5, 0.6) is 0 Å². The van der Waals surface area contributed by atoms with Crippen LogP contribution in [-0.2, 0) is 19.5 Å². The lowest BCUT2D eigenvalue weighted by molar-refractivity contribution is 0.176. The fourth-order valence-corrected chi connectivity index (χ4v) is 3.71. The highest BCUT2D eigenvalue weighted by molar-refractivity contribution is 5.79. The molecule has 0 bridgehead atoms. The predicted octanol–water partition coefficient (Wildman–Crippen LogP) is 3.22. The molecule has 1 aliphatic rings. The summed E-state index contributed by atoms with van der Waals surface area (Å²) in [4.78, 5) is 11.2. The molecule has 0 amide bonds. The molecule has 5 heteroatoms. The van der Waals surface area contributed by atoms with Gasteiger partial charge < -0.3 is 10.6 Å². The van der Waals surface area contributed by atoms with Gasteiger partial charge in [-0.05, 0) is 48.6 Å². The largest absolute Gasteiger partial charge is 0.356 e. The molecule has 1 unspecified atom stereocenters. The van der Waals surface area contributed by atoms with E-state index in [0.717, 1.165) is 43.6 Å². The minimum atomic E-state index is 0.768. The van der Waals surface area contributed by atoms with Crippen molar-refractivity contribution in [3.05, 3.63) is 65.5 Å². The first-order chi connectivity index (χ1) is 13.7. The van der Waals surface area contributed by atoms with Crippen molar-refractivity contribution < 1.29 is 0 Å². The van der Waals surface area contributed by atoms with Crippen LogP contribution < -0.4 is 10.6 Å². The normalized spacial score (nSPS) is 18.1. The smallest absolute Gasteiger partial charge is 0.191 e. The van der Waals surface area contributed by atoms with E-state index in [1.807, 2.05) is 24.4 Å². The highest BCUT2D eigenvalue weighted by Gasteiger charge is 2.16. The van der Waals surface area contributed by atoms with Crippen LogP contribution in [0.2, 0.25) is 0 Å². The van der Waals surface area contributed by atoms with Gasteiger partial charge in [0.1, 0.15) is 0 Å². The van der Waals surface area contributed by atoms with Gasteiger partial charge in [0.25, 0.3) is 0 Å². The molecule has 1 aromatic carbocycles. The standard InChI is InChI=1S/C23H33N5/c1-19-6-5-15-28(17-19)18-21-10-8-20(9-11-21)16-27-23(24-2)26-14-12-22-7-3-4-13-25-22/h3-4,7-11,13,19H,5-6,12,14-18H2,1-2H3,(H2,24,26,27). The summed E-state index contributed by atoms with van der Waals surface area (Å²) >= 11 is 0. The number of nitrogens with one attached hydrogen (secondary N) is 2. The second-order valence-corrected chi connectivity index (χ2v) is 7.72. The number of piperidine rings is 1. The van der Waals surface area contributed by atoms with Crippen LogP contribution in [0.25, 0.3) is 0 Å². The number of hydrogen-bond donors (Lipinski definition) is 2. The fourth-order valence-electron chi connectivity index (χ4n) is 3.71. The average molecular weight is 380 g/mol. The van der Waals surface area contributed by atoms with Gasteiger partial charge in [-0.3, -0.25) is 14.9 Å². The van der Waals surface area contributed by atoms with Gasteiger partial charge in [0.2, 0.25) is 0 Å². The highest BCUT2D eigenvalue weighted by Crippen LogP contribution is 2.18. The maximum absolute atomic E-state index is 4.35. The Morgan fingerprint density at radius 1 is 1.14 bits per heavy atom. The summed E-state index contributed by atoms with van der Waals surface area (Å²) in [5.74, 6) is 1.65. The number of aromatic nitrogens is 1. The minimum Gasteiger partial charge on any atom is -0.356 e. The van der Waals surface area contributed by atoms with Crippen LogP contribution in [0, 0.1) is 5.92 Å². The molecule has 1 fully saturated rings. The first kappa shape index (κ1) is 20.3. The van der Waals surface area contributed by atoms with E-state index in [4.69, 9.17) is 0 Å². The van der Waals surface area contributed by atoms with Crippen molar-refractivity contribution in [1.82, 2.24) is 20.5 Å². The number of benzene rings is 1. The molecule has 2 aromatic rings. The quantitative estimate of drug-likeness (QED) is 0.573. The van der Waals surface area contributed by atoms with E-state index in [1.165, 1.54) is 37.1 Å². The lowest BCUT2D eigenvalue weighted by Crippen LogP contribution is -2.37. The Labute approximate surface area is 169 Å². The fraction of sp³-hybridized carbons (Fsp3) is 0.478. The monoisotopic (exact) mass is 379 g/mol. The topological polar surface area (TPSA) is 52.6 Å². The number of guanidine groups is 1. The van der Waals surface area contributed by atoms with Gasteiger partial charge in [-0.25, -0.2) is 0 Å². The Morgan fingerprint density at radius 2 is 1.96 bits per heavy atom. The molecule has 1 atom stereocenters. The molecule has 2 N–H and O–H groups in total. The zero-order chi connectivity index (χ0) is 19.6. The van der Waals surface area contributed by atoms with Crippen LogP contribution in [0.4, 0.5) is 0 Å². The zero-order valence-corrected chi connectivity index (χ0v) is 17.2. The summed E-state index contributed by atoms with van der Waals surface area (Å²) < 4.78 is 0. The number of nitrogens with zero attached hydrogens (tertiary/aromatic N) is 3. The van der Waals surface area contributed by atoms with Crippen molar-refractivity contribution in [3.63, 3.8) is 0 Å². The number of aliphatic imine (C=N–C) groups is 1. The Kier molecular flexibility index (Phi) is 7.85. The molecule has 0 radical (unpaired) electrons. The van der Waals surface area contributed by atoms with E-state index < -0.39 is 0 Å². The molecule has 2 heterocycles. The average Bonchev–Trinajstić information content (AvgIpc) is 2.72. The SMILES string of the molecule is CN=C(NCCc1ccccn1)NCc1ccc(CN2CCCC(C)C2)cc1. The van der Waals surface area contributed by atoms with Gasteiger partial charge in [-0.1, -0.05) is 37.3 Å². The van der Waals surface area contributed by atoms with Crippen molar-refractivity contribution in [2.75, 3.05) is 26.7 Å². The van der Waals surface area contributed by atoms with Crippen molar-refractivity contribution >= 4 is 5.96 Å². The van der Waals surface area contributed by atoms with Crippen molar-refractivity contribution in [2.45, 2.75) is 39.3 Å². The van der Waals surface area contributed by atoms with Crippen LogP contribution in [0.1, 0.15) is 36.6 Å². The molecule has 3 rings (SSSR count). The van der Waals surface area contributed by atoms with Crippen molar-refractivity contribution in [2.24, 2.45) is 10.9 Å². The number of likely N-dealkylation sites (tertiary alicyclic amines) is 1. The zero-order valence-electron chi connectivity index (χ0n) is 17.2. The summed E-state index contributed by atoms with van der Waals surface area (Å²) in [6.07, 6.45) is 5.41. The third kappa shape index (κ3) is 6.64. The van der Waals surface area contributed by atoms with Crippen molar-refractivity contribution in [1.29, 1.82) is 0 Å². The Hall–Kier alpha value is -2.40. The molecule has 28 heavy (non-hydrogen) atoms. The predicted molar refractivity (Wildman–Crippen MR) is 116 cm³/mol. The van der Waals surface area contributed by atoms with Gasteiger partial charge in [-0.2, -0.15) is 0 Å². The second kappa shape index (κ2) is 10.8. The molecular weight excluding hydrogens is 346 g/mol. The maximum Gasteiger partial charge on any atom is 0.191 e. The van der Waals surface area contributed by atoms with E-state index in [2.05, 4.69) is 56.7 Å². The van der Waals surface area contributed by atoms with E-state index in [0.29, 0.717) is 0 Å². The first-order valence-electron chi connectivity index (χ1n) is 10.4. The summed E-state index contributed by atoms with van der Waals surface area (Å²) in [6.45, 7) is 7.46. The van der Waals surface area contributed by atoms with E-state index in [-0.39, 0.29) is 0 Å². The molecular formula is C23H33N5. The van der Waals surface area contributed by atoms with E-state index in [1.54, 1.807) is 7.05 Å². The third-order valence-electron chi connectivity index (χ3n) is 5.25. The summed E-state index contributed by atoms with van der Waals surface area (Å²) in [5, 5.41) is 6.74. The lowest BCUT2D eigenvalue weighted by Gasteiger charge is -2.30. The molecule has 0 aliphatic carbocycles. The van der Waals surface area contributed by atoms with Crippen molar-refractivity contribution in [3.8, 4) is 0 Å². The minimum absolute atomic E-state index is 0.768. The number of rotatable bonds is 7. The number of hydrogen-bond acceptors (Lipinski definition) is 3. The maximum atomic E-state index is 4.35. The summed E-state index contributed by atoms with van der Waals surface area (Å²) in [5.41, 5.74) is 3.75. The van der Waals surface area contributed by atoms with Gasteiger partial charge >= 0.3 is 0 Å². The lowest BCUT2D eigenvalue weighted by atomic mass is 9.99. The molecule has 150 valence electrons. The van der Waals surface area contributed by atoms with Crippen LogP contribution in [0.15, 0.2) is 53.7 Å². The Balaban J connectivity index is 1.40. The number of pyridine rings is 1. The molecule has 1 aromatic heterocycles. The van der Waals surface area contributed by atoms with Gasteiger partial charge in [0.05, 0.1) is 0 Å². The van der Waals surface area contributed by atoms with E-state index in [9.17, 15) is 0 Å².